The van der Waals surface area contributed by atoms with Crippen LogP contribution in [0.15, 0.2) is 18.2 Å². The van der Waals surface area contributed by atoms with Crippen LogP contribution in [0.3, 0.4) is 0 Å². The van der Waals surface area contributed by atoms with Crippen molar-refractivity contribution in [1.29, 1.82) is 10.5 Å². The number of amides is 1. The van der Waals surface area contributed by atoms with Gasteiger partial charge in [-0.05, 0) is 45.4 Å². The fraction of sp³-hybridized carbons (Fsp3) is 0.625. The molecule has 9 heteroatoms. The van der Waals surface area contributed by atoms with E-state index in [1.807, 2.05) is 26.8 Å². The predicted molar refractivity (Wildman–Crippen MR) is 122 cm³/mol. The zero-order chi connectivity index (χ0) is 23.8. The van der Waals surface area contributed by atoms with E-state index in [0.29, 0.717) is 30.0 Å². The number of nitrogens with one attached hydrogen (secondary N) is 1. The van der Waals surface area contributed by atoms with Gasteiger partial charge in [0.2, 0.25) is 0 Å². The minimum atomic E-state index is -0.491. The number of nitrogens with zero attached hydrogens (tertiary/aromatic N) is 4. The van der Waals surface area contributed by atoms with Crippen LogP contribution in [0.5, 0.6) is 5.75 Å². The van der Waals surface area contributed by atoms with Crippen molar-refractivity contribution in [3.63, 3.8) is 0 Å². The second-order valence-electron chi connectivity index (χ2n) is 9.46. The largest absolute Gasteiger partial charge is 0.492 e. The van der Waals surface area contributed by atoms with Crippen LogP contribution in [0.1, 0.15) is 38.3 Å². The zero-order valence-corrected chi connectivity index (χ0v) is 19.7. The number of alkyl carbamates (subject to hydrolysis) is 1. The Morgan fingerprint density at radius 3 is 2.39 bits per heavy atom. The second kappa shape index (κ2) is 11.3. The van der Waals surface area contributed by atoms with Gasteiger partial charge < -0.3 is 19.5 Å². The van der Waals surface area contributed by atoms with E-state index in [0.717, 1.165) is 45.7 Å². The highest BCUT2D eigenvalue weighted by atomic mass is 16.6. The molecule has 2 atom stereocenters. The molecule has 0 aromatic heterocycles. The maximum atomic E-state index is 11.8. The molecule has 2 unspecified atom stereocenters. The number of carbonyl (C=O) groups excluding carboxylic acids is 1. The van der Waals surface area contributed by atoms with E-state index >= 15 is 0 Å². The van der Waals surface area contributed by atoms with Crippen molar-refractivity contribution < 1.29 is 19.0 Å². The standard InChI is InChI=1S/C24H33N5O4/c1-24(2,3)33-23(30)27-7-9-29-16-20-14-28(15-21(17-29)32-20)8-4-10-31-22-6-5-18(12-25)11-19(22)13-26/h5-6,11,20-21H,4,7-10,14-17H2,1-3H3,(H,27,30). The average molecular weight is 456 g/mol. The molecular formula is C24H33N5O4. The Hall–Kier alpha value is -2.85. The summed E-state index contributed by atoms with van der Waals surface area (Å²) >= 11 is 0. The van der Waals surface area contributed by atoms with Gasteiger partial charge in [-0.2, -0.15) is 10.5 Å². The molecule has 2 fully saturated rings. The van der Waals surface area contributed by atoms with Crippen molar-refractivity contribution in [2.24, 2.45) is 0 Å². The minimum absolute atomic E-state index is 0.156. The molecule has 3 rings (SSSR count). The van der Waals surface area contributed by atoms with E-state index in [-0.39, 0.29) is 18.3 Å². The molecule has 2 aliphatic rings. The third-order valence-electron chi connectivity index (χ3n) is 5.43. The number of morpholine rings is 2. The van der Waals surface area contributed by atoms with Crippen LogP contribution in [0.25, 0.3) is 0 Å². The first-order valence-electron chi connectivity index (χ1n) is 11.4. The number of hydrogen-bond acceptors (Lipinski definition) is 8. The Labute approximate surface area is 195 Å². The molecule has 0 aliphatic carbocycles. The third kappa shape index (κ3) is 7.90. The van der Waals surface area contributed by atoms with E-state index in [1.54, 1.807) is 18.2 Å². The zero-order valence-electron chi connectivity index (χ0n) is 19.7. The molecule has 178 valence electrons. The molecule has 2 heterocycles. The van der Waals surface area contributed by atoms with Crippen molar-refractivity contribution in [2.75, 3.05) is 52.4 Å². The van der Waals surface area contributed by atoms with Crippen LogP contribution in [-0.4, -0.2) is 86.1 Å². The van der Waals surface area contributed by atoms with Gasteiger partial charge in [0.25, 0.3) is 0 Å². The maximum absolute atomic E-state index is 11.8. The summed E-state index contributed by atoms with van der Waals surface area (Å²) in [7, 11) is 0. The number of ether oxygens (including phenoxy) is 3. The Morgan fingerprint density at radius 2 is 1.79 bits per heavy atom. The van der Waals surface area contributed by atoms with Crippen LogP contribution < -0.4 is 10.1 Å². The van der Waals surface area contributed by atoms with Crippen LogP contribution in [-0.2, 0) is 9.47 Å². The summed E-state index contributed by atoms with van der Waals surface area (Å²) in [5.41, 5.74) is 0.346. The molecule has 1 N–H and O–H groups in total. The summed E-state index contributed by atoms with van der Waals surface area (Å²) in [5.74, 6) is 0.519. The lowest BCUT2D eigenvalue weighted by molar-refractivity contribution is -0.138. The van der Waals surface area contributed by atoms with Gasteiger partial charge >= 0.3 is 6.09 Å². The highest BCUT2D eigenvalue weighted by Gasteiger charge is 2.34. The normalized spacial score (nSPS) is 21.0. The van der Waals surface area contributed by atoms with Gasteiger partial charge in [0.05, 0.1) is 36.0 Å². The van der Waals surface area contributed by atoms with Crippen LogP contribution in [0, 0.1) is 22.7 Å². The number of benzene rings is 1. The van der Waals surface area contributed by atoms with Crippen LogP contribution >= 0.6 is 0 Å². The van der Waals surface area contributed by atoms with E-state index in [2.05, 4.69) is 21.2 Å². The van der Waals surface area contributed by atoms with Crippen molar-refractivity contribution >= 4 is 6.09 Å². The van der Waals surface area contributed by atoms with E-state index < -0.39 is 5.60 Å². The summed E-state index contributed by atoms with van der Waals surface area (Å²) in [5, 5.41) is 21.0. The quantitative estimate of drug-likeness (QED) is 0.594. The van der Waals surface area contributed by atoms with Crippen molar-refractivity contribution in [3.05, 3.63) is 29.3 Å². The lowest BCUT2D eigenvalue weighted by atomic mass is 10.1. The van der Waals surface area contributed by atoms with E-state index in [4.69, 9.17) is 19.5 Å². The molecule has 0 spiro atoms. The summed E-state index contributed by atoms with van der Waals surface area (Å²) in [6.45, 7) is 11.7. The van der Waals surface area contributed by atoms with Gasteiger partial charge in [-0.1, -0.05) is 0 Å². The number of hydrogen-bond donors (Lipinski definition) is 1. The molecule has 1 aromatic carbocycles. The first kappa shape index (κ1) is 24.8. The van der Waals surface area contributed by atoms with Crippen molar-refractivity contribution in [2.45, 2.75) is 45.0 Å². The summed E-state index contributed by atoms with van der Waals surface area (Å²) in [6.07, 6.45) is 0.771. The first-order chi connectivity index (χ1) is 15.8. The van der Waals surface area contributed by atoms with Crippen LogP contribution in [0.2, 0.25) is 0 Å². The molecule has 0 radical (unpaired) electrons. The molecule has 2 bridgehead atoms. The van der Waals surface area contributed by atoms with Gasteiger partial charge in [-0.3, -0.25) is 9.80 Å². The van der Waals surface area contributed by atoms with Crippen LogP contribution in [0.4, 0.5) is 4.79 Å². The Balaban J connectivity index is 1.35. The van der Waals surface area contributed by atoms with E-state index in [1.165, 1.54) is 0 Å². The highest BCUT2D eigenvalue weighted by Crippen LogP contribution is 2.21. The predicted octanol–water partition coefficient (Wildman–Crippen LogP) is 2.11. The molecule has 1 aromatic rings. The van der Waals surface area contributed by atoms with Gasteiger partial charge in [-0.15, -0.1) is 0 Å². The second-order valence-corrected chi connectivity index (χ2v) is 9.46. The average Bonchev–Trinajstić information content (AvgIpc) is 2.75. The molecule has 9 nitrogen and oxygen atoms in total. The molecule has 0 saturated carbocycles. The van der Waals surface area contributed by atoms with Gasteiger partial charge in [0.1, 0.15) is 17.4 Å². The summed E-state index contributed by atoms with van der Waals surface area (Å²) in [4.78, 5) is 16.5. The monoisotopic (exact) mass is 455 g/mol. The first-order valence-corrected chi connectivity index (χ1v) is 11.4. The van der Waals surface area contributed by atoms with Gasteiger partial charge in [0, 0.05) is 45.8 Å². The number of rotatable bonds is 8. The smallest absolute Gasteiger partial charge is 0.407 e. The lowest BCUT2D eigenvalue weighted by Gasteiger charge is -2.45. The number of fused-ring (bicyclic) bond motifs is 2. The fourth-order valence-corrected chi connectivity index (χ4v) is 4.14. The SMILES string of the molecule is CC(C)(C)OC(=O)NCCN1CC2CN(CCCOc3ccc(C#N)cc3C#N)CC(C1)O2. The summed E-state index contributed by atoms with van der Waals surface area (Å²) < 4.78 is 17.2. The Morgan fingerprint density at radius 1 is 1.12 bits per heavy atom. The Kier molecular flexibility index (Phi) is 8.51. The number of nitriles is 2. The third-order valence-corrected chi connectivity index (χ3v) is 5.43. The van der Waals surface area contributed by atoms with Crippen molar-refractivity contribution in [3.8, 4) is 17.9 Å². The highest BCUT2D eigenvalue weighted by molar-refractivity contribution is 5.67. The lowest BCUT2D eigenvalue weighted by Crippen LogP contribution is -2.60. The van der Waals surface area contributed by atoms with E-state index in [9.17, 15) is 10.1 Å². The molecule has 2 saturated heterocycles. The molecule has 33 heavy (non-hydrogen) atoms. The molecule has 2 aliphatic heterocycles. The summed E-state index contributed by atoms with van der Waals surface area (Å²) in [6, 6.07) is 9.01. The molecule has 1 amide bonds. The van der Waals surface area contributed by atoms with Gasteiger partial charge in [0.15, 0.2) is 0 Å². The minimum Gasteiger partial charge on any atom is -0.492 e. The van der Waals surface area contributed by atoms with Crippen molar-refractivity contribution in [1.82, 2.24) is 15.1 Å². The maximum Gasteiger partial charge on any atom is 0.407 e. The number of carbonyl (C=O) groups is 1. The molecular weight excluding hydrogens is 422 g/mol. The Bertz CT molecular complexity index is 888. The van der Waals surface area contributed by atoms with Gasteiger partial charge in [-0.25, -0.2) is 4.79 Å². The topological polar surface area (TPSA) is 111 Å². The fourth-order valence-electron chi connectivity index (χ4n) is 4.14.